The predicted molar refractivity (Wildman–Crippen MR) is 72.0 cm³/mol. The number of aromatic nitrogens is 1. The van der Waals surface area contributed by atoms with Crippen LogP contribution in [0.5, 0.6) is 0 Å². The summed E-state index contributed by atoms with van der Waals surface area (Å²) in [5.74, 6) is -0.351. The molecule has 0 aliphatic heterocycles. The Morgan fingerprint density at radius 1 is 1.30 bits per heavy atom. The van der Waals surface area contributed by atoms with E-state index in [1.807, 2.05) is 0 Å². The summed E-state index contributed by atoms with van der Waals surface area (Å²) in [4.78, 5) is 2.70. The van der Waals surface area contributed by atoms with E-state index in [0.29, 0.717) is 11.3 Å². The Labute approximate surface area is 116 Å². The van der Waals surface area contributed by atoms with Crippen molar-refractivity contribution in [1.29, 1.82) is 0 Å². The monoisotopic (exact) mass is 298 g/mol. The molecule has 7 heteroatoms. The van der Waals surface area contributed by atoms with E-state index in [-0.39, 0.29) is 30.3 Å². The number of aliphatic hydroxyl groups excluding tert-OH is 1. The molecule has 3 N–H and O–H groups in total. The summed E-state index contributed by atoms with van der Waals surface area (Å²) in [5.41, 5.74) is 0.875. The van der Waals surface area contributed by atoms with Crippen molar-refractivity contribution in [2.75, 3.05) is 6.54 Å². The lowest BCUT2D eigenvalue weighted by molar-refractivity contribution is 0.277. The number of aromatic amines is 1. The molecule has 0 unspecified atom stereocenters. The van der Waals surface area contributed by atoms with Gasteiger partial charge in [0.15, 0.2) is 0 Å². The first kappa shape index (κ1) is 14.7. The van der Waals surface area contributed by atoms with E-state index in [0.717, 1.165) is 0 Å². The van der Waals surface area contributed by atoms with Gasteiger partial charge in [0.25, 0.3) is 0 Å². The molecule has 20 heavy (non-hydrogen) atoms. The lowest BCUT2D eigenvalue weighted by Gasteiger charge is -2.05. The van der Waals surface area contributed by atoms with Crippen molar-refractivity contribution >= 4 is 10.0 Å². The maximum Gasteiger partial charge on any atom is 0.242 e. The fourth-order valence-corrected chi connectivity index (χ4v) is 2.82. The Hall–Kier alpha value is -1.70. The van der Waals surface area contributed by atoms with Crippen LogP contribution in [0.1, 0.15) is 11.3 Å². The fourth-order valence-electron chi connectivity index (χ4n) is 1.77. The Morgan fingerprint density at radius 2 is 2.05 bits per heavy atom. The maximum absolute atomic E-state index is 13.4. The zero-order valence-electron chi connectivity index (χ0n) is 10.6. The Kier molecular flexibility index (Phi) is 4.53. The normalized spacial score (nSPS) is 11.7. The topological polar surface area (TPSA) is 82.2 Å². The summed E-state index contributed by atoms with van der Waals surface area (Å²) >= 11 is 0. The van der Waals surface area contributed by atoms with E-state index in [2.05, 4.69) is 9.71 Å². The minimum atomic E-state index is -3.65. The zero-order chi connectivity index (χ0) is 14.6. The molecule has 2 rings (SSSR count). The minimum absolute atomic E-state index is 0.0510. The molecule has 0 saturated carbocycles. The molecule has 0 bridgehead atoms. The number of hydrogen-bond donors (Lipinski definition) is 3. The summed E-state index contributed by atoms with van der Waals surface area (Å²) in [6.45, 7) is -0.159. The van der Waals surface area contributed by atoms with Crippen LogP contribution in [0.25, 0.3) is 0 Å². The van der Waals surface area contributed by atoms with E-state index >= 15 is 0 Å². The molecule has 2 aromatic rings. The van der Waals surface area contributed by atoms with E-state index < -0.39 is 10.0 Å². The number of rotatable bonds is 6. The van der Waals surface area contributed by atoms with Gasteiger partial charge in [0, 0.05) is 18.4 Å². The molecule has 0 amide bonds. The van der Waals surface area contributed by atoms with Gasteiger partial charge in [0.2, 0.25) is 10.0 Å². The summed E-state index contributed by atoms with van der Waals surface area (Å²) in [7, 11) is -3.65. The second kappa shape index (κ2) is 6.17. The third-order valence-electron chi connectivity index (χ3n) is 2.84. The lowest BCUT2D eigenvalue weighted by atomic mass is 10.1. The molecule has 108 valence electrons. The van der Waals surface area contributed by atoms with E-state index in [4.69, 9.17) is 5.11 Å². The van der Waals surface area contributed by atoms with Gasteiger partial charge in [-0.2, -0.15) is 0 Å². The van der Waals surface area contributed by atoms with E-state index in [9.17, 15) is 12.8 Å². The van der Waals surface area contributed by atoms with Gasteiger partial charge in [-0.15, -0.1) is 0 Å². The molecule has 0 radical (unpaired) electrons. The minimum Gasteiger partial charge on any atom is -0.390 e. The predicted octanol–water partition coefficient (Wildman–Crippen LogP) is 1.17. The first-order chi connectivity index (χ1) is 9.53. The van der Waals surface area contributed by atoms with E-state index in [1.165, 1.54) is 18.3 Å². The van der Waals surface area contributed by atoms with Crippen molar-refractivity contribution in [3.05, 3.63) is 53.6 Å². The highest BCUT2D eigenvalue weighted by atomic mass is 32.2. The molecule has 0 aliphatic carbocycles. The van der Waals surface area contributed by atoms with Gasteiger partial charge in [-0.05, 0) is 24.1 Å². The van der Waals surface area contributed by atoms with Crippen LogP contribution in [0.2, 0.25) is 0 Å². The number of H-pyrrole nitrogens is 1. The molecular weight excluding hydrogens is 283 g/mol. The Balaban J connectivity index is 1.98. The second-order valence-corrected chi connectivity index (χ2v) is 6.02. The van der Waals surface area contributed by atoms with Gasteiger partial charge in [-0.3, -0.25) is 0 Å². The second-order valence-electron chi connectivity index (χ2n) is 4.26. The van der Waals surface area contributed by atoms with Crippen molar-refractivity contribution in [2.45, 2.75) is 17.9 Å². The summed E-state index contributed by atoms with van der Waals surface area (Å²) < 4.78 is 39.6. The molecule has 1 aromatic carbocycles. The number of hydrogen-bond acceptors (Lipinski definition) is 3. The van der Waals surface area contributed by atoms with Crippen molar-refractivity contribution in [1.82, 2.24) is 9.71 Å². The zero-order valence-corrected chi connectivity index (χ0v) is 11.5. The molecule has 5 nitrogen and oxygen atoms in total. The molecule has 0 fully saturated rings. The van der Waals surface area contributed by atoms with Crippen LogP contribution >= 0.6 is 0 Å². The van der Waals surface area contributed by atoms with Crippen LogP contribution in [0.3, 0.4) is 0 Å². The lowest BCUT2D eigenvalue weighted by Crippen LogP contribution is -2.25. The number of sulfonamides is 1. The van der Waals surface area contributed by atoms with Crippen LogP contribution in [0, 0.1) is 5.82 Å². The van der Waals surface area contributed by atoms with Gasteiger partial charge < -0.3 is 10.1 Å². The number of benzene rings is 1. The third-order valence-corrected chi connectivity index (χ3v) is 4.28. The van der Waals surface area contributed by atoms with Gasteiger partial charge in [0.1, 0.15) is 5.82 Å². The first-order valence-corrected chi connectivity index (χ1v) is 7.52. The molecule has 0 spiro atoms. The quantitative estimate of drug-likeness (QED) is 0.748. The highest BCUT2D eigenvalue weighted by Crippen LogP contribution is 2.11. The third kappa shape index (κ3) is 3.44. The summed E-state index contributed by atoms with van der Waals surface area (Å²) in [5, 5.41) is 8.88. The molecule has 0 saturated heterocycles. The van der Waals surface area contributed by atoms with Crippen LogP contribution < -0.4 is 4.72 Å². The van der Waals surface area contributed by atoms with E-state index in [1.54, 1.807) is 18.2 Å². The highest BCUT2D eigenvalue weighted by Gasteiger charge is 2.15. The largest absolute Gasteiger partial charge is 0.390 e. The average Bonchev–Trinajstić information content (AvgIpc) is 2.90. The molecule has 0 aliphatic rings. The molecule has 0 atom stereocenters. The van der Waals surface area contributed by atoms with Gasteiger partial charge in [-0.25, -0.2) is 17.5 Å². The standard InChI is InChI=1S/C13H15FN2O3S/c14-13-4-2-1-3-10(13)5-6-16-20(18,19)12-7-11(9-17)15-8-12/h1-4,7-8,15-17H,5-6,9H2. The smallest absolute Gasteiger partial charge is 0.242 e. The molecule has 1 aromatic heterocycles. The highest BCUT2D eigenvalue weighted by molar-refractivity contribution is 7.89. The van der Waals surface area contributed by atoms with Crippen molar-refractivity contribution in [3.8, 4) is 0 Å². The average molecular weight is 298 g/mol. The number of aliphatic hydroxyl groups is 1. The fraction of sp³-hybridized carbons (Fsp3) is 0.231. The first-order valence-electron chi connectivity index (χ1n) is 6.04. The summed E-state index contributed by atoms with van der Waals surface area (Å²) in [6.07, 6.45) is 1.57. The van der Waals surface area contributed by atoms with Crippen LogP contribution in [-0.4, -0.2) is 25.1 Å². The van der Waals surface area contributed by atoms with Crippen LogP contribution in [0.15, 0.2) is 41.4 Å². The Bertz CT molecular complexity index is 682. The van der Waals surface area contributed by atoms with Crippen LogP contribution in [-0.2, 0) is 23.1 Å². The van der Waals surface area contributed by atoms with Gasteiger partial charge >= 0.3 is 0 Å². The van der Waals surface area contributed by atoms with Crippen molar-refractivity contribution in [2.24, 2.45) is 0 Å². The Morgan fingerprint density at radius 3 is 2.70 bits per heavy atom. The molecular formula is C13H15FN2O3S. The van der Waals surface area contributed by atoms with Crippen LogP contribution in [0.4, 0.5) is 4.39 Å². The molecule has 1 heterocycles. The van der Waals surface area contributed by atoms with Crippen molar-refractivity contribution in [3.63, 3.8) is 0 Å². The SMILES string of the molecule is O=S(=O)(NCCc1ccccc1F)c1c[nH]c(CO)c1. The summed E-state index contributed by atoms with van der Waals surface area (Å²) in [6, 6.07) is 7.59. The van der Waals surface area contributed by atoms with Gasteiger partial charge in [-0.1, -0.05) is 18.2 Å². The number of nitrogens with one attached hydrogen (secondary N) is 2. The van der Waals surface area contributed by atoms with Gasteiger partial charge in [0.05, 0.1) is 11.5 Å². The maximum atomic E-state index is 13.4. The number of halogens is 1. The van der Waals surface area contributed by atoms with Crippen molar-refractivity contribution < 1.29 is 17.9 Å².